The van der Waals surface area contributed by atoms with Crippen molar-refractivity contribution < 1.29 is 0 Å². The lowest BCUT2D eigenvalue weighted by Gasteiger charge is -2.07. The molecule has 2 rings (SSSR count). The van der Waals surface area contributed by atoms with Crippen LogP contribution < -0.4 is 10.6 Å². The minimum atomic E-state index is 0.556. The highest BCUT2D eigenvalue weighted by molar-refractivity contribution is 8.13. The number of rotatable bonds is 3. The van der Waals surface area contributed by atoms with Crippen molar-refractivity contribution in [2.24, 2.45) is 4.99 Å². The summed E-state index contributed by atoms with van der Waals surface area (Å²) in [4.78, 5) is 13.0. The second-order valence-electron chi connectivity index (χ2n) is 4.50. The number of hydrogen-bond donors (Lipinski definition) is 2. The monoisotopic (exact) mass is 312 g/mol. The van der Waals surface area contributed by atoms with Gasteiger partial charge in [0.2, 0.25) is 5.95 Å². The average molecular weight is 312 g/mol. The molecule has 0 spiro atoms. The maximum atomic E-state index is 8.62. The van der Waals surface area contributed by atoms with Crippen molar-refractivity contribution in [2.75, 3.05) is 11.6 Å². The number of benzene rings is 1. The molecule has 0 atom stereocenters. The first-order chi connectivity index (χ1) is 10.6. The molecule has 0 fully saturated rings. The Hall–Kier alpha value is -2.59. The van der Waals surface area contributed by atoms with Crippen molar-refractivity contribution in [1.29, 1.82) is 5.26 Å². The van der Waals surface area contributed by atoms with Gasteiger partial charge in [-0.15, -0.1) is 0 Å². The van der Waals surface area contributed by atoms with E-state index in [9.17, 15) is 0 Å². The van der Waals surface area contributed by atoms with E-state index in [0.29, 0.717) is 11.1 Å². The van der Waals surface area contributed by atoms with E-state index < -0.39 is 0 Å². The lowest BCUT2D eigenvalue weighted by Crippen LogP contribution is -2.12. The summed E-state index contributed by atoms with van der Waals surface area (Å²) in [5.74, 6) is 0.574. The number of nitrogens with one attached hydrogen (secondary N) is 2. The molecule has 0 radical (unpaired) electrons. The number of anilines is 2. The molecule has 0 bridgehead atoms. The molecule has 0 saturated carbocycles. The second kappa shape index (κ2) is 7.43. The van der Waals surface area contributed by atoms with E-state index >= 15 is 0 Å². The molecular weight excluding hydrogens is 296 g/mol. The summed E-state index contributed by atoms with van der Waals surface area (Å²) < 4.78 is 0. The zero-order valence-corrected chi connectivity index (χ0v) is 13.4. The van der Waals surface area contributed by atoms with E-state index in [1.165, 1.54) is 11.8 Å². The van der Waals surface area contributed by atoms with E-state index in [0.717, 1.165) is 22.8 Å². The second-order valence-corrected chi connectivity index (χ2v) is 5.30. The molecule has 0 unspecified atom stereocenters. The Kier molecular flexibility index (Phi) is 5.33. The van der Waals surface area contributed by atoms with Gasteiger partial charge < -0.3 is 5.32 Å². The number of nitrogens with zero attached hydrogens (tertiary/aromatic N) is 4. The van der Waals surface area contributed by atoms with Crippen LogP contribution in [0.3, 0.4) is 0 Å². The molecule has 7 heteroatoms. The summed E-state index contributed by atoms with van der Waals surface area (Å²) in [6, 6.07) is 9.43. The lowest BCUT2D eigenvalue weighted by molar-refractivity contribution is 1.06. The smallest absolute Gasteiger partial charge is 0.227 e. The number of aromatic nitrogens is 2. The predicted octanol–water partition coefficient (Wildman–Crippen LogP) is 3.26. The molecule has 112 valence electrons. The first-order valence-electron chi connectivity index (χ1n) is 6.58. The van der Waals surface area contributed by atoms with Crippen molar-refractivity contribution in [1.82, 2.24) is 15.3 Å². The highest BCUT2D eigenvalue weighted by atomic mass is 32.2. The third-order valence-corrected chi connectivity index (χ3v) is 3.27. The Bertz CT molecular complexity index is 698. The van der Waals surface area contributed by atoms with E-state index in [1.54, 1.807) is 0 Å². The Morgan fingerprint density at radius 1 is 1.18 bits per heavy atom. The number of hydrogen-bond acceptors (Lipinski definition) is 6. The zero-order chi connectivity index (χ0) is 15.9. The standard InChI is InChI=1S/C15H16N6S/c1-10-8-11(2)19-14(18-10)20-12-4-6-13(7-5-12)21-15(22-3)17-9-16/h4-8H,1-3H3,(H,17,21)(H,18,19,20). The molecule has 0 aliphatic carbocycles. The Morgan fingerprint density at radius 3 is 2.36 bits per heavy atom. The van der Waals surface area contributed by atoms with Gasteiger partial charge in [-0.05, 0) is 50.4 Å². The summed E-state index contributed by atoms with van der Waals surface area (Å²) in [6.07, 6.45) is 3.72. The topological polar surface area (TPSA) is 86.0 Å². The van der Waals surface area contributed by atoms with Crippen LogP contribution in [0.5, 0.6) is 0 Å². The van der Waals surface area contributed by atoms with Crippen molar-refractivity contribution >= 4 is 34.3 Å². The number of amidine groups is 1. The van der Waals surface area contributed by atoms with Gasteiger partial charge in [-0.3, -0.25) is 5.32 Å². The average Bonchev–Trinajstić information content (AvgIpc) is 2.47. The SMILES string of the molecule is CSC(=Nc1ccc(Nc2nc(C)cc(C)n2)cc1)NC#N. The summed E-state index contributed by atoms with van der Waals surface area (Å²) in [6.45, 7) is 3.87. The summed E-state index contributed by atoms with van der Waals surface area (Å²) >= 11 is 1.38. The van der Waals surface area contributed by atoms with Crippen LogP contribution in [-0.4, -0.2) is 21.4 Å². The normalized spacial score (nSPS) is 10.9. The van der Waals surface area contributed by atoms with Gasteiger partial charge in [0, 0.05) is 17.1 Å². The van der Waals surface area contributed by atoms with Crippen LogP contribution in [0, 0.1) is 25.3 Å². The number of aryl methyl sites for hydroxylation is 2. The molecule has 0 aliphatic heterocycles. The number of thioether (sulfide) groups is 1. The van der Waals surface area contributed by atoms with E-state index in [2.05, 4.69) is 25.6 Å². The van der Waals surface area contributed by atoms with E-state index in [1.807, 2.05) is 56.6 Å². The summed E-state index contributed by atoms with van der Waals surface area (Å²) in [5.41, 5.74) is 3.48. The third kappa shape index (κ3) is 4.46. The van der Waals surface area contributed by atoms with Crippen molar-refractivity contribution in [3.63, 3.8) is 0 Å². The Morgan fingerprint density at radius 2 is 1.82 bits per heavy atom. The van der Waals surface area contributed by atoms with Crippen molar-refractivity contribution in [2.45, 2.75) is 13.8 Å². The molecule has 1 aromatic carbocycles. The van der Waals surface area contributed by atoms with Crippen LogP contribution in [-0.2, 0) is 0 Å². The predicted molar refractivity (Wildman–Crippen MR) is 90.6 cm³/mol. The minimum Gasteiger partial charge on any atom is -0.324 e. The van der Waals surface area contributed by atoms with Crippen LogP contribution in [0.4, 0.5) is 17.3 Å². The summed E-state index contributed by atoms with van der Waals surface area (Å²) in [7, 11) is 0. The highest BCUT2D eigenvalue weighted by Gasteiger charge is 2.01. The van der Waals surface area contributed by atoms with Gasteiger partial charge in [-0.2, -0.15) is 5.26 Å². The van der Waals surface area contributed by atoms with Crippen LogP contribution in [0.1, 0.15) is 11.4 Å². The van der Waals surface area contributed by atoms with E-state index in [-0.39, 0.29) is 0 Å². The Balaban J connectivity index is 2.13. The molecular formula is C15H16N6S. The number of aliphatic imine (C=N–C) groups is 1. The fourth-order valence-corrected chi connectivity index (χ4v) is 2.16. The zero-order valence-electron chi connectivity index (χ0n) is 12.6. The third-order valence-electron chi connectivity index (χ3n) is 2.69. The van der Waals surface area contributed by atoms with Crippen LogP contribution in [0.15, 0.2) is 35.3 Å². The first kappa shape index (κ1) is 15.8. The minimum absolute atomic E-state index is 0.556. The van der Waals surface area contributed by atoms with Gasteiger partial charge in [-0.1, -0.05) is 11.8 Å². The maximum absolute atomic E-state index is 8.62. The largest absolute Gasteiger partial charge is 0.324 e. The molecule has 2 aromatic rings. The van der Waals surface area contributed by atoms with Crippen LogP contribution in [0.2, 0.25) is 0 Å². The van der Waals surface area contributed by atoms with Crippen molar-refractivity contribution in [3.05, 3.63) is 41.7 Å². The molecule has 1 aromatic heterocycles. The highest BCUT2D eigenvalue weighted by Crippen LogP contribution is 2.20. The van der Waals surface area contributed by atoms with Crippen LogP contribution in [0.25, 0.3) is 0 Å². The van der Waals surface area contributed by atoms with Crippen molar-refractivity contribution in [3.8, 4) is 6.19 Å². The quantitative estimate of drug-likeness (QED) is 0.391. The molecule has 0 saturated heterocycles. The molecule has 1 heterocycles. The summed E-state index contributed by atoms with van der Waals surface area (Å²) in [5, 5.41) is 14.9. The van der Waals surface area contributed by atoms with Gasteiger partial charge in [0.15, 0.2) is 11.4 Å². The number of nitriles is 1. The fraction of sp³-hybridized carbons (Fsp3) is 0.200. The van der Waals surface area contributed by atoms with E-state index in [4.69, 9.17) is 5.26 Å². The molecule has 0 aliphatic rings. The van der Waals surface area contributed by atoms with Gasteiger partial charge in [0.25, 0.3) is 0 Å². The maximum Gasteiger partial charge on any atom is 0.227 e. The van der Waals surface area contributed by atoms with Crippen LogP contribution >= 0.6 is 11.8 Å². The van der Waals surface area contributed by atoms with Gasteiger partial charge in [-0.25, -0.2) is 15.0 Å². The van der Waals surface area contributed by atoms with Gasteiger partial charge in [0.1, 0.15) is 0 Å². The first-order valence-corrected chi connectivity index (χ1v) is 7.80. The fourth-order valence-electron chi connectivity index (χ4n) is 1.82. The van der Waals surface area contributed by atoms with Gasteiger partial charge >= 0.3 is 0 Å². The lowest BCUT2D eigenvalue weighted by atomic mass is 10.3. The Labute approximate surface area is 133 Å². The molecule has 2 N–H and O–H groups in total. The molecule has 6 nitrogen and oxygen atoms in total. The molecule has 22 heavy (non-hydrogen) atoms. The molecule has 0 amide bonds. The van der Waals surface area contributed by atoms with Gasteiger partial charge in [0.05, 0.1) is 5.69 Å².